The van der Waals surface area contributed by atoms with E-state index in [2.05, 4.69) is 10.3 Å². The Labute approximate surface area is 121 Å². The number of hydrogen-bond donors (Lipinski definition) is 2. The van der Waals surface area contributed by atoms with Crippen LogP contribution in [-0.4, -0.2) is 16.6 Å². The first kappa shape index (κ1) is 13.1. The molecule has 1 amide bonds. The van der Waals surface area contributed by atoms with Crippen LogP contribution in [0, 0.1) is 6.92 Å². The Morgan fingerprint density at radius 3 is 2.90 bits per heavy atom. The third kappa shape index (κ3) is 2.42. The molecule has 1 atom stereocenters. The van der Waals surface area contributed by atoms with Gasteiger partial charge >= 0.3 is 0 Å². The molecular weight excluding hydrogens is 270 g/mol. The average molecular weight is 285 g/mol. The van der Waals surface area contributed by atoms with E-state index < -0.39 is 0 Å². The van der Waals surface area contributed by atoms with Crippen LogP contribution in [0.15, 0.2) is 41.6 Å². The van der Waals surface area contributed by atoms with E-state index in [-0.39, 0.29) is 11.9 Å². The highest BCUT2D eigenvalue weighted by atomic mass is 32.2. The standard InChI is InChI=1S/C15H15N3OS/c1-9-6-12-13(16)8-20-14(12)7-11(9)15(19)18-10-2-4-17-5-3-10/h2-7,13H,8,16H2,1H3,(H,17,18,19)/t13-/m1/s1. The molecule has 0 unspecified atom stereocenters. The molecule has 1 aromatic carbocycles. The van der Waals surface area contributed by atoms with E-state index in [0.29, 0.717) is 5.56 Å². The highest BCUT2D eigenvalue weighted by Crippen LogP contribution is 2.38. The number of benzene rings is 1. The van der Waals surface area contributed by atoms with Crippen molar-refractivity contribution in [2.24, 2.45) is 5.73 Å². The maximum atomic E-state index is 12.3. The summed E-state index contributed by atoms with van der Waals surface area (Å²) in [7, 11) is 0. The van der Waals surface area contributed by atoms with Crippen molar-refractivity contribution < 1.29 is 4.79 Å². The number of carbonyl (C=O) groups excluding carboxylic acids is 1. The van der Waals surface area contributed by atoms with E-state index in [1.807, 2.05) is 19.1 Å². The lowest BCUT2D eigenvalue weighted by atomic mass is 10.0. The summed E-state index contributed by atoms with van der Waals surface area (Å²) in [5.74, 6) is 0.780. The zero-order valence-corrected chi connectivity index (χ0v) is 11.9. The Hall–Kier alpha value is -1.85. The van der Waals surface area contributed by atoms with Crippen LogP contribution in [0.4, 0.5) is 5.69 Å². The Kier molecular flexibility index (Phi) is 3.46. The third-order valence-electron chi connectivity index (χ3n) is 3.36. The molecule has 1 aliphatic rings. The van der Waals surface area contributed by atoms with Crippen molar-refractivity contribution >= 4 is 23.4 Å². The second kappa shape index (κ2) is 5.26. The molecule has 0 saturated heterocycles. The number of nitrogens with two attached hydrogens (primary N) is 1. The van der Waals surface area contributed by atoms with Crippen LogP contribution in [0.3, 0.4) is 0 Å². The molecular formula is C15H15N3OS. The second-order valence-electron chi connectivity index (χ2n) is 4.81. The first-order chi connectivity index (χ1) is 9.65. The fraction of sp³-hybridized carbons (Fsp3) is 0.200. The maximum Gasteiger partial charge on any atom is 0.255 e. The first-order valence-electron chi connectivity index (χ1n) is 6.39. The van der Waals surface area contributed by atoms with Gasteiger partial charge in [0.05, 0.1) is 0 Å². The van der Waals surface area contributed by atoms with E-state index in [1.165, 1.54) is 0 Å². The maximum absolute atomic E-state index is 12.3. The lowest BCUT2D eigenvalue weighted by molar-refractivity contribution is 0.102. The highest BCUT2D eigenvalue weighted by Gasteiger charge is 2.22. The van der Waals surface area contributed by atoms with Gasteiger partial charge in [-0.1, -0.05) is 6.07 Å². The van der Waals surface area contributed by atoms with Gasteiger partial charge in [-0.05, 0) is 36.2 Å². The van der Waals surface area contributed by atoms with Crippen LogP contribution < -0.4 is 11.1 Å². The van der Waals surface area contributed by atoms with Gasteiger partial charge in [0.1, 0.15) is 0 Å². The van der Waals surface area contributed by atoms with Crippen molar-refractivity contribution in [1.82, 2.24) is 4.98 Å². The number of carbonyl (C=O) groups is 1. The summed E-state index contributed by atoms with van der Waals surface area (Å²) in [5.41, 5.74) is 9.58. The fourth-order valence-electron chi connectivity index (χ4n) is 2.27. The summed E-state index contributed by atoms with van der Waals surface area (Å²) in [5, 5.41) is 2.88. The van der Waals surface area contributed by atoms with Gasteiger partial charge in [0, 0.05) is 40.3 Å². The quantitative estimate of drug-likeness (QED) is 0.890. The summed E-state index contributed by atoms with van der Waals surface area (Å²) < 4.78 is 0. The highest BCUT2D eigenvalue weighted by molar-refractivity contribution is 7.99. The predicted molar refractivity (Wildman–Crippen MR) is 81.0 cm³/mol. The number of amides is 1. The molecule has 4 nitrogen and oxygen atoms in total. The van der Waals surface area contributed by atoms with E-state index in [0.717, 1.165) is 27.5 Å². The Morgan fingerprint density at radius 1 is 1.40 bits per heavy atom. The second-order valence-corrected chi connectivity index (χ2v) is 5.87. The molecule has 0 fully saturated rings. The molecule has 0 spiro atoms. The van der Waals surface area contributed by atoms with Crippen LogP contribution in [0.1, 0.15) is 27.5 Å². The van der Waals surface area contributed by atoms with Crippen LogP contribution in [0.5, 0.6) is 0 Å². The molecule has 102 valence electrons. The van der Waals surface area contributed by atoms with Crippen molar-refractivity contribution in [3.05, 3.63) is 53.3 Å². The molecule has 3 rings (SSSR count). The topological polar surface area (TPSA) is 68.0 Å². The van der Waals surface area contributed by atoms with E-state index in [4.69, 9.17) is 5.73 Å². The van der Waals surface area contributed by atoms with Crippen molar-refractivity contribution in [1.29, 1.82) is 0 Å². The summed E-state index contributed by atoms with van der Waals surface area (Å²) in [6.45, 7) is 1.94. The lowest BCUT2D eigenvalue weighted by Gasteiger charge is -2.11. The smallest absolute Gasteiger partial charge is 0.255 e. The molecule has 0 aliphatic carbocycles. The van der Waals surface area contributed by atoms with Crippen molar-refractivity contribution in [2.75, 3.05) is 11.1 Å². The summed E-state index contributed by atoms with van der Waals surface area (Å²) in [6.07, 6.45) is 3.31. The average Bonchev–Trinajstić information content (AvgIpc) is 2.80. The van der Waals surface area contributed by atoms with Gasteiger partial charge in [-0.15, -0.1) is 11.8 Å². The van der Waals surface area contributed by atoms with E-state index in [1.54, 1.807) is 36.3 Å². The van der Waals surface area contributed by atoms with E-state index >= 15 is 0 Å². The number of nitrogens with zero attached hydrogens (tertiary/aromatic N) is 1. The number of pyridine rings is 1. The first-order valence-corrected chi connectivity index (χ1v) is 7.38. The molecule has 0 bridgehead atoms. The normalized spacial score (nSPS) is 16.8. The SMILES string of the molecule is Cc1cc2c(cc1C(=O)Nc1ccncc1)SC[C@H]2N. The van der Waals surface area contributed by atoms with Gasteiger partial charge in [0.15, 0.2) is 0 Å². The number of aromatic nitrogens is 1. The van der Waals surface area contributed by atoms with Crippen molar-refractivity contribution in [3.63, 3.8) is 0 Å². The number of fused-ring (bicyclic) bond motifs is 1. The van der Waals surface area contributed by atoms with Crippen LogP contribution >= 0.6 is 11.8 Å². The molecule has 5 heteroatoms. The molecule has 2 heterocycles. The number of hydrogen-bond acceptors (Lipinski definition) is 4. The minimum Gasteiger partial charge on any atom is -0.323 e. The minimum absolute atomic E-state index is 0.0750. The van der Waals surface area contributed by atoms with Gasteiger partial charge < -0.3 is 11.1 Å². The van der Waals surface area contributed by atoms with Gasteiger partial charge in [0.25, 0.3) is 5.91 Å². The minimum atomic E-state index is -0.0995. The Bertz CT molecular complexity index is 658. The zero-order chi connectivity index (χ0) is 14.1. The Balaban J connectivity index is 1.89. The van der Waals surface area contributed by atoms with Crippen LogP contribution in [0.2, 0.25) is 0 Å². The molecule has 1 aliphatic heterocycles. The monoisotopic (exact) mass is 285 g/mol. The van der Waals surface area contributed by atoms with E-state index in [9.17, 15) is 4.79 Å². The number of nitrogens with one attached hydrogen (secondary N) is 1. The number of anilines is 1. The molecule has 2 aromatic rings. The van der Waals surface area contributed by atoms with Gasteiger partial charge in [-0.25, -0.2) is 0 Å². The number of rotatable bonds is 2. The zero-order valence-electron chi connectivity index (χ0n) is 11.1. The largest absolute Gasteiger partial charge is 0.323 e. The molecule has 3 N–H and O–H groups in total. The molecule has 0 radical (unpaired) electrons. The predicted octanol–water partition coefficient (Wildman–Crippen LogP) is 2.75. The number of aryl methyl sites for hydroxylation is 1. The van der Waals surface area contributed by atoms with Crippen LogP contribution in [-0.2, 0) is 0 Å². The molecule has 20 heavy (non-hydrogen) atoms. The summed E-state index contributed by atoms with van der Waals surface area (Å²) in [6, 6.07) is 7.59. The number of thioether (sulfide) groups is 1. The summed E-state index contributed by atoms with van der Waals surface area (Å²) >= 11 is 1.71. The lowest BCUT2D eigenvalue weighted by Crippen LogP contribution is -2.14. The molecule has 1 aromatic heterocycles. The third-order valence-corrected chi connectivity index (χ3v) is 4.55. The van der Waals surface area contributed by atoms with Crippen LogP contribution in [0.25, 0.3) is 0 Å². The van der Waals surface area contributed by atoms with Crippen molar-refractivity contribution in [3.8, 4) is 0 Å². The van der Waals surface area contributed by atoms with Gasteiger partial charge in [-0.3, -0.25) is 9.78 Å². The van der Waals surface area contributed by atoms with Gasteiger partial charge in [-0.2, -0.15) is 0 Å². The van der Waals surface area contributed by atoms with Crippen molar-refractivity contribution in [2.45, 2.75) is 17.9 Å². The fourth-order valence-corrected chi connectivity index (χ4v) is 3.39. The van der Waals surface area contributed by atoms with Gasteiger partial charge in [0.2, 0.25) is 0 Å². The molecule has 0 saturated carbocycles. The summed E-state index contributed by atoms with van der Waals surface area (Å²) in [4.78, 5) is 17.4. The Morgan fingerprint density at radius 2 is 2.15 bits per heavy atom.